The zero-order valence-electron chi connectivity index (χ0n) is 16.0. The number of sulfonamides is 1. The molecular formula is C21H17ClFN3O4S. The number of carbonyl (C=O) groups is 1. The molecule has 0 saturated carbocycles. The van der Waals surface area contributed by atoms with Crippen molar-refractivity contribution in [3.05, 3.63) is 71.1 Å². The molecule has 1 saturated heterocycles. The molecule has 1 amide bonds. The van der Waals surface area contributed by atoms with Crippen LogP contribution in [0.3, 0.4) is 0 Å². The molecule has 2 aromatic carbocycles. The van der Waals surface area contributed by atoms with Crippen molar-refractivity contribution in [2.75, 3.05) is 17.8 Å². The van der Waals surface area contributed by atoms with Crippen LogP contribution in [0.25, 0.3) is 11.3 Å². The van der Waals surface area contributed by atoms with Gasteiger partial charge in [0.05, 0.1) is 16.4 Å². The molecule has 0 aliphatic carbocycles. The van der Waals surface area contributed by atoms with E-state index in [0.29, 0.717) is 24.3 Å². The van der Waals surface area contributed by atoms with Crippen molar-refractivity contribution in [3.63, 3.8) is 0 Å². The van der Waals surface area contributed by atoms with Crippen molar-refractivity contribution in [2.45, 2.75) is 11.3 Å². The number of amides is 1. The van der Waals surface area contributed by atoms with Gasteiger partial charge in [0.1, 0.15) is 10.7 Å². The van der Waals surface area contributed by atoms with E-state index in [4.69, 9.17) is 11.6 Å². The molecule has 0 radical (unpaired) electrons. The Hall–Kier alpha value is -3.17. The van der Waals surface area contributed by atoms with Crippen molar-refractivity contribution in [1.29, 1.82) is 0 Å². The Morgan fingerprint density at radius 1 is 1.16 bits per heavy atom. The highest BCUT2D eigenvalue weighted by molar-refractivity contribution is 7.92. The molecule has 0 unspecified atom stereocenters. The minimum Gasteiger partial charge on any atom is -0.505 e. The van der Waals surface area contributed by atoms with E-state index in [2.05, 4.69) is 9.71 Å². The van der Waals surface area contributed by atoms with Gasteiger partial charge in [-0.05, 0) is 48.9 Å². The van der Waals surface area contributed by atoms with E-state index >= 15 is 0 Å². The first-order valence-corrected chi connectivity index (χ1v) is 11.2. The lowest BCUT2D eigenvalue weighted by Crippen LogP contribution is -2.42. The van der Waals surface area contributed by atoms with Crippen molar-refractivity contribution >= 4 is 33.2 Å². The van der Waals surface area contributed by atoms with Crippen molar-refractivity contribution in [1.82, 2.24) is 9.88 Å². The van der Waals surface area contributed by atoms with Crippen LogP contribution in [0.1, 0.15) is 16.8 Å². The fraction of sp³-hybridized carbons (Fsp3) is 0.143. The summed E-state index contributed by atoms with van der Waals surface area (Å²) < 4.78 is 42.4. The fourth-order valence-electron chi connectivity index (χ4n) is 3.10. The molecule has 1 aliphatic heterocycles. The van der Waals surface area contributed by atoms with Gasteiger partial charge in [-0.15, -0.1) is 0 Å². The third-order valence-electron chi connectivity index (χ3n) is 4.88. The molecule has 1 aromatic heterocycles. The quantitative estimate of drug-likeness (QED) is 0.600. The molecule has 1 fully saturated rings. The van der Waals surface area contributed by atoms with Gasteiger partial charge in [0, 0.05) is 30.4 Å². The molecular weight excluding hydrogens is 445 g/mol. The standard InChI is InChI=1S/C21H17ClFN3O4S/c22-15-10-14(21(28)26-8-3-9-26)12-19(20(15)27)31(29,30)25-18-11-13(5-6-16(18)23)17-4-1-2-7-24-17/h1-2,4-7,10-12,25,27H,3,8-9H2. The SMILES string of the molecule is O=C(c1cc(Cl)c(O)c(S(=O)(=O)Nc2cc(-c3ccccn3)ccc2F)c1)N1CCC1. The maximum atomic E-state index is 14.4. The number of hydrogen-bond donors (Lipinski definition) is 2. The maximum Gasteiger partial charge on any atom is 0.265 e. The van der Waals surface area contributed by atoms with Crippen molar-refractivity contribution < 1.29 is 22.7 Å². The number of pyridine rings is 1. The Balaban J connectivity index is 1.71. The van der Waals surface area contributed by atoms with Gasteiger partial charge in [-0.2, -0.15) is 0 Å². The lowest BCUT2D eigenvalue weighted by atomic mass is 10.1. The van der Waals surface area contributed by atoms with Gasteiger partial charge >= 0.3 is 0 Å². The summed E-state index contributed by atoms with van der Waals surface area (Å²) in [5.41, 5.74) is 0.698. The second kappa shape index (κ2) is 8.16. The number of rotatable bonds is 5. The lowest BCUT2D eigenvalue weighted by molar-refractivity contribution is 0.0651. The van der Waals surface area contributed by atoms with Gasteiger partial charge < -0.3 is 10.0 Å². The molecule has 0 atom stereocenters. The average Bonchev–Trinajstić information content (AvgIpc) is 2.70. The lowest BCUT2D eigenvalue weighted by Gasteiger charge is -2.31. The number of benzene rings is 2. The number of phenolic OH excluding ortho intramolecular Hbond substituents is 1. The molecule has 2 heterocycles. The Morgan fingerprint density at radius 3 is 2.58 bits per heavy atom. The second-order valence-electron chi connectivity index (χ2n) is 6.97. The Labute approximate surface area is 183 Å². The number of nitrogens with one attached hydrogen (secondary N) is 1. The first-order chi connectivity index (χ1) is 14.8. The molecule has 160 valence electrons. The van der Waals surface area contributed by atoms with E-state index in [0.717, 1.165) is 18.6 Å². The van der Waals surface area contributed by atoms with Gasteiger partial charge in [0.25, 0.3) is 15.9 Å². The number of nitrogens with zero attached hydrogens (tertiary/aromatic N) is 2. The number of aromatic hydroxyl groups is 1. The van der Waals surface area contributed by atoms with Gasteiger partial charge in [0.15, 0.2) is 5.75 Å². The van der Waals surface area contributed by atoms with E-state index in [9.17, 15) is 22.7 Å². The summed E-state index contributed by atoms with van der Waals surface area (Å²) in [6.45, 7) is 1.12. The second-order valence-corrected chi connectivity index (χ2v) is 9.02. The number of halogens is 2. The van der Waals surface area contributed by atoms with Crippen LogP contribution in [0.15, 0.2) is 59.6 Å². The number of phenols is 1. The van der Waals surface area contributed by atoms with Crippen LogP contribution < -0.4 is 4.72 Å². The van der Waals surface area contributed by atoms with E-state index in [1.807, 2.05) is 0 Å². The minimum atomic E-state index is -4.47. The normalized spacial score (nSPS) is 13.5. The molecule has 4 rings (SSSR count). The number of likely N-dealkylation sites (tertiary alicyclic amines) is 1. The fourth-order valence-corrected chi connectivity index (χ4v) is 4.58. The van der Waals surface area contributed by atoms with E-state index in [1.165, 1.54) is 23.1 Å². The molecule has 10 heteroatoms. The first-order valence-electron chi connectivity index (χ1n) is 9.32. The predicted octanol–water partition coefficient (Wildman–Crippen LogP) is 3.89. The Bertz CT molecular complexity index is 1270. The van der Waals surface area contributed by atoms with Crippen LogP contribution in [-0.4, -0.2) is 42.4 Å². The topological polar surface area (TPSA) is 99.6 Å². The van der Waals surface area contributed by atoms with Crippen LogP contribution in [0.4, 0.5) is 10.1 Å². The smallest absolute Gasteiger partial charge is 0.265 e. The van der Waals surface area contributed by atoms with E-state index in [-0.39, 0.29) is 16.3 Å². The first kappa shape index (κ1) is 21.1. The third kappa shape index (κ3) is 4.19. The van der Waals surface area contributed by atoms with Crippen LogP contribution >= 0.6 is 11.6 Å². The van der Waals surface area contributed by atoms with Crippen LogP contribution in [0, 0.1) is 5.82 Å². The summed E-state index contributed by atoms with van der Waals surface area (Å²) in [4.78, 5) is 17.6. The molecule has 0 bridgehead atoms. The number of aromatic nitrogens is 1. The largest absolute Gasteiger partial charge is 0.505 e. The van der Waals surface area contributed by atoms with E-state index < -0.39 is 32.4 Å². The molecule has 1 aliphatic rings. The number of hydrogen-bond acceptors (Lipinski definition) is 5. The minimum absolute atomic E-state index is 0.0191. The highest BCUT2D eigenvalue weighted by Gasteiger charge is 2.28. The maximum absolute atomic E-state index is 14.4. The molecule has 0 spiro atoms. The highest BCUT2D eigenvalue weighted by atomic mass is 35.5. The summed E-state index contributed by atoms with van der Waals surface area (Å²) in [5.74, 6) is -1.94. The summed E-state index contributed by atoms with van der Waals surface area (Å²) in [5, 5.41) is 9.95. The van der Waals surface area contributed by atoms with Gasteiger partial charge in [-0.1, -0.05) is 17.7 Å². The number of anilines is 1. The van der Waals surface area contributed by atoms with Gasteiger partial charge in [0.2, 0.25) is 0 Å². The summed E-state index contributed by atoms with van der Waals surface area (Å²) in [6, 6.07) is 11.3. The van der Waals surface area contributed by atoms with Crippen LogP contribution in [-0.2, 0) is 10.0 Å². The average molecular weight is 462 g/mol. The molecule has 7 nitrogen and oxygen atoms in total. The number of carbonyl (C=O) groups excluding carboxylic acids is 1. The summed E-state index contributed by atoms with van der Waals surface area (Å²) >= 11 is 5.98. The monoisotopic (exact) mass is 461 g/mol. The molecule has 2 N–H and O–H groups in total. The molecule has 3 aromatic rings. The van der Waals surface area contributed by atoms with Crippen molar-refractivity contribution in [2.24, 2.45) is 0 Å². The highest BCUT2D eigenvalue weighted by Crippen LogP contribution is 2.35. The zero-order chi connectivity index (χ0) is 22.2. The van der Waals surface area contributed by atoms with Crippen molar-refractivity contribution in [3.8, 4) is 17.0 Å². The Kier molecular flexibility index (Phi) is 5.55. The van der Waals surface area contributed by atoms with Gasteiger partial charge in [-0.3, -0.25) is 14.5 Å². The van der Waals surface area contributed by atoms with Gasteiger partial charge in [-0.25, -0.2) is 12.8 Å². The van der Waals surface area contributed by atoms with Crippen LogP contribution in [0.2, 0.25) is 5.02 Å². The third-order valence-corrected chi connectivity index (χ3v) is 6.55. The predicted molar refractivity (Wildman–Crippen MR) is 114 cm³/mol. The Morgan fingerprint density at radius 2 is 1.94 bits per heavy atom. The zero-order valence-corrected chi connectivity index (χ0v) is 17.6. The summed E-state index contributed by atoms with van der Waals surface area (Å²) in [7, 11) is -4.47. The van der Waals surface area contributed by atoms with Crippen LogP contribution in [0.5, 0.6) is 5.75 Å². The summed E-state index contributed by atoms with van der Waals surface area (Å²) in [6.07, 6.45) is 2.42. The van der Waals surface area contributed by atoms with E-state index in [1.54, 1.807) is 24.4 Å². The molecule has 31 heavy (non-hydrogen) atoms.